The number of cyclic esters (lactones) is 1. The average Bonchev–Trinajstić information content (AvgIpc) is 3.58. The number of phenols is 1. The Labute approximate surface area is 240 Å². The fraction of sp³-hybridized carbons (Fsp3) is 0.385. The van der Waals surface area contributed by atoms with Gasteiger partial charge in [-0.15, -0.1) is 0 Å². The molecule has 1 aliphatic carbocycles. The van der Waals surface area contributed by atoms with Gasteiger partial charge in [0.2, 0.25) is 18.4 Å². The van der Waals surface area contributed by atoms with Crippen LogP contribution in [0.4, 0.5) is 0 Å². The van der Waals surface area contributed by atoms with Crippen LogP contribution in [0.3, 0.4) is 0 Å². The van der Waals surface area contributed by atoms with Crippen LogP contribution in [0.2, 0.25) is 0 Å². The molecule has 1 amide bonds. The van der Waals surface area contributed by atoms with Gasteiger partial charge in [-0.2, -0.15) is 12.6 Å². The molecule has 0 unspecified atom stereocenters. The Bertz CT molecular complexity index is 1280. The number of phenolic OH excluding ortho intramolecular Hbond substituents is 1. The van der Waals surface area contributed by atoms with Gasteiger partial charge >= 0.3 is 34.2 Å². The van der Waals surface area contributed by atoms with E-state index in [1.54, 1.807) is 43.0 Å². The summed E-state index contributed by atoms with van der Waals surface area (Å²) < 4.78 is 27.4. The zero-order chi connectivity index (χ0) is 28.3. The Balaban J connectivity index is 0.00000172. The van der Waals surface area contributed by atoms with Crippen molar-refractivity contribution in [3.05, 3.63) is 63.6 Å². The maximum absolute atomic E-state index is 13.1. The molecule has 0 saturated heterocycles. The Hall–Kier alpha value is -2.98. The Morgan fingerprint density at radius 1 is 1.13 bits per heavy atom. The SMILES string of the molecule is COc1cc([C@H]2C3=C(COC3=O)[C@H](NC(=O)CC[C@@H]([NH-])C[NH-])c3cc4c(cc32)OCO4)cc(OC)c1O.[Cl][Pt]. The first kappa shape index (κ1) is 29.0. The number of methoxy groups -OCH3 is 2. The molecule has 0 aromatic heterocycles. The van der Waals surface area contributed by atoms with Crippen molar-refractivity contribution in [1.29, 1.82) is 0 Å². The summed E-state index contributed by atoms with van der Waals surface area (Å²) in [6.45, 7) is -0.0283. The number of esters is 1. The van der Waals surface area contributed by atoms with Gasteiger partial charge in [-0.05, 0) is 41.0 Å². The molecule has 11 nitrogen and oxygen atoms in total. The fourth-order valence-corrected chi connectivity index (χ4v) is 5.02. The van der Waals surface area contributed by atoms with E-state index in [1.165, 1.54) is 14.2 Å². The van der Waals surface area contributed by atoms with Gasteiger partial charge in [-0.1, -0.05) is 6.42 Å². The summed E-state index contributed by atoms with van der Waals surface area (Å²) >= 11 is 1.61. The molecular formula is C26H27ClN3O8Pt-2. The monoisotopic (exact) mass is 739 g/mol. The molecule has 213 valence electrons. The first-order valence-corrected chi connectivity index (χ1v) is 14.7. The molecule has 0 fully saturated rings. The number of benzene rings is 2. The molecule has 39 heavy (non-hydrogen) atoms. The molecular weight excluding hydrogens is 713 g/mol. The molecule has 0 spiro atoms. The number of carbonyl (C=O) groups excluding carboxylic acids is 2. The van der Waals surface area contributed by atoms with Gasteiger partial charge in [0.15, 0.2) is 23.0 Å². The third-order valence-corrected chi connectivity index (χ3v) is 6.87. The number of nitrogens with one attached hydrogen (secondary N) is 3. The standard InChI is InChI=1S/C26H27N3O8.ClH.Pt/c1-33-19-5-12(6-20(34-2)25(19)31)22-14-7-17-18(37-11-36-17)8-15(14)24(16-10-35-26(32)23(16)22)29-21(30)4-3-13(28)9-27;;/h5-8,13,22,24,27-28,31H,3-4,9-11H2,1-2H3,(H,29,30);1H;/q-2;;+1/p-1/t13-,22-,24-;;/m1../s1. The van der Waals surface area contributed by atoms with E-state index < -0.39 is 24.0 Å². The van der Waals surface area contributed by atoms with E-state index in [9.17, 15) is 14.7 Å². The third-order valence-electron chi connectivity index (χ3n) is 6.87. The Morgan fingerprint density at radius 2 is 1.74 bits per heavy atom. The van der Waals surface area contributed by atoms with E-state index in [0.717, 1.165) is 0 Å². The predicted molar refractivity (Wildman–Crippen MR) is 137 cm³/mol. The fourth-order valence-electron chi connectivity index (χ4n) is 5.02. The van der Waals surface area contributed by atoms with E-state index in [4.69, 9.17) is 35.2 Å². The number of hydrogen-bond donors (Lipinski definition) is 2. The Kier molecular flexibility index (Phi) is 9.27. The first-order chi connectivity index (χ1) is 18.9. The van der Waals surface area contributed by atoms with Gasteiger partial charge < -0.3 is 45.6 Å². The molecule has 2 aliphatic heterocycles. The summed E-state index contributed by atoms with van der Waals surface area (Å²) in [5.41, 5.74) is 18.1. The van der Waals surface area contributed by atoms with Crippen molar-refractivity contribution in [3.8, 4) is 28.7 Å². The summed E-state index contributed by atoms with van der Waals surface area (Å²) in [4.78, 5) is 26.0. The van der Waals surface area contributed by atoms with Crippen LogP contribution in [0.1, 0.15) is 41.5 Å². The molecule has 0 radical (unpaired) electrons. The van der Waals surface area contributed by atoms with E-state index in [-0.39, 0.29) is 55.9 Å². The van der Waals surface area contributed by atoms with Crippen molar-refractivity contribution in [2.24, 2.45) is 0 Å². The van der Waals surface area contributed by atoms with Crippen molar-refractivity contribution in [1.82, 2.24) is 5.32 Å². The molecule has 0 saturated carbocycles. The molecule has 2 heterocycles. The number of halogens is 1. The van der Waals surface area contributed by atoms with Gasteiger partial charge in [-0.3, -0.25) is 4.79 Å². The first-order valence-electron chi connectivity index (χ1n) is 11.9. The van der Waals surface area contributed by atoms with Crippen molar-refractivity contribution in [2.75, 3.05) is 34.2 Å². The third kappa shape index (κ3) is 5.54. The van der Waals surface area contributed by atoms with Crippen LogP contribution in [0.15, 0.2) is 35.4 Å². The predicted octanol–water partition coefficient (Wildman–Crippen LogP) is 4.23. The van der Waals surface area contributed by atoms with E-state index in [2.05, 4.69) is 14.7 Å². The number of ether oxygens (including phenoxy) is 5. The quantitative estimate of drug-likeness (QED) is 0.381. The summed E-state index contributed by atoms with van der Waals surface area (Å²) in [6.07, 6.45) is 0.337. The van der Waals surface area contributed by atoms with E-state index >= 15 is 0 Å². The van der Waals surface area contributed by atoms with Crippen molar-refractivity contribution >= 4 is 21.3 Å². The number of carbonyl (C=O) groups is 2. The van der Waals surface area contributed by atoms with Crippen LogP contribution in [-0.4, -0.2) is 57.2 Å². The molecule has 3 atom stereocenters. The van der Waals surface area contributed by atoms with Crippen LogP contribution in [0.5, 0.6) is 28.7 Å². The van der Waals surface area contributed by atoms with E-state index in [1.807, 2.05) is 0 Å². The molecule has 0 bridgehead atoms. The zero-order valence-electron chi connectivity index (χ0n) is 21.1. The molecule has 4 N–H and O–H groups in total. The van der Waals surface area contributed by atoms with Crippen molar-refractivity contribution in [3.63, 3.8) is 0 Å². The molecule has 5 rings (SSSR count). The van der Waals surface area contributed by atoms with Crippen LogP contribution in [0.25, 0.3) is 11.5 Å². The van der Waals surface area contributed by atoms with Gasteiger partial charge in [0.1, 0.15) is 6.61 Å². The topological polar surface area (TPSA) is 160 Å². The number of rotatable bonds is 8. The Morgan fingerprint density at radius 3 is 2.33 bits per heavy atom. The summed E-state index contributed by atoms with van der Waals surface area (Å²) in [5.74, 6) is -0.191. The van der Waals surface area contributed by atoms with Crippen LogP contribution >= 0.6 is 9.42 Å². The number of hydrogen-bond acceptors (Lipinski definition) is 8. The van der Waals surface area contributed by atoms with Gasteiger partial charge in [-0.25, -0.2) is 4.79 Å². The van der Waals surface area contributed by atoms with Crippen LogP contribution in [-0.2, 0) is 33.1 Å². The average molecular weight is 740 g/mol. The van der Waals surface area contributed by atoms with Crippen LogP contribution < -0.4 is 24.3 Å². The summed E-state index contributed by atoms with van der Waals surface area (Å²) in [6, 6.07) is 5.57. The number of fused-ring (bicyclic) bond motifs is 2. The molecule has 2 aromatic carbocycles. The minimum absolute atomic E-state index is 0.00361. The van der Waals surface area contributed by atoms with Crippen LogP contribution in [0, 0.1) is 0 Å². The molecule has 13 heteroatoms. The zero-order valence-corrected chi connectivity index (χ0v) is 24.1. The van der Waals surface area contributed by atoms with Gasteiger partial charge in [0.25, 0.3) is 0 Å². The van der Waals surface area contributed by atoms with Gasteiger partial charge in [0, 0.05) is 17.9 Å². The number of amides is 1. The molecule has 3 aliphatic rings. The number of aromatic hydroxyl groups is 1. The van der Waals surface area contributed by atoms with E-state index in [0.29, 0.717) is 39.3 Å². The van der Waals surface area contributed by atoms with Crippen molar-refractivity contribution in [2.45, 2.75) is 30.8 Å². The summed E-state index contributed by atoms with van der Waals surface area (Å²) in [5, 5.41) is 13.5. The second kappa shape index (κ2) is 12.5. The maximum atomic E-state index is 13.1. The van der Waals surface area contributed by atoms with Crippen molar-refractivity contribution < 1.29 is 57.2 Å². The summed E-state index contributed by atoms with van der Waals surface area (Å²) in [7, 11) is 7.46. The normalized spacial score (nSPS) is 19.3. The second-order valence-electron chi connectivity index (χ2n) is 9.00. The molecule has 2 aromatic rings. The van der Waals surface area contributed by atoms with Gasteiger partial charge in [0.05, 0.1) is 25.8 Å². The second-order valence-corrected chi connectivity index (χ2v) is 9.00. The minimum atomic E-state index is -0.657.